The van der Waals surface area contributed by atoms with Gasteiger partial charge < -0.3 is 10.1 Å². The van der Waals surface area contributed by atoms with Gasteiger partial charge in [-0.25, -0.2) is 0 Å². The van der Waals surface area contributed by atoms with Gasteiger partial charge in [0.2, 0.25) is 0 Å². The van der Waals surface area contributed by atoms with E-state index in [-0.39, 0.29) is 22.7 Å². The topological polar surface area (TPSA) is 110 Å². The second kappa shape index (κ2) is 7.92. The van der Waals surface area contributed by atoms with Crippen molar-refractivity contribution in [1.29, 1.82) is 0 Å². The minimum Gasteiger partial charge on any atom is -0.381 e. The number of nitro groups is 1. The maximum Gasteiger partial charge on any atom is 0.272 e. The van der Waals surface area contributed by atoms with Crippen molar-refractivity contribution in [2.24, 2.45) is 0 Å². The molecule has 29 heavy (non-hydrogen) atoms. The van der Waals surface area contributed by atoms with Crippen molar-refractivity contribution in [3.8, 4) is 0 Å². The molecular formula is C20H19BrN4O4. The van der Waals surface area contributed by atoms with Gasteiger partial charge in [-0.2, -0.15) is 5.10 Å². The van der Waals surface area contributed by atoms with Gasteiger partial charge in [-0.05, 0) is 36.6 Å². The third kappa shape index (κ3) is 3.88. The SMILES string of the molecule is O=C(NCC1(c2cccc(Br)c2)CCOCC1)c1n[nH]c2ccc([N+](=O)[O-])cc12. The number of nitro benzene ring substituents is 1. The van der Waals surface area contributed by atoms with E-state index in [1.807, 2.05) is 12.1 Å². The molecule has 1 amide bonds. The molecular weight excluding hydrogens is 440 g/mol. The molecule has 150 valence electrons. The van der Waals surface area contributed by atoms with Crippen LogP contribution in [0.5, 0.6) is 0 Å². The summed E-state index contributed by atoms with van der Waals surface area (Å²) in [7, 11) is 0. The van der Waals surface area contributed by atoms with Gasteiger partial charge in [0.15, 0.2) is 5.69 Å². The number of H-pyrrole nitrogens is 1. The number of amides is 1. The zero-order chi connectivity index (χ0) is 20.4. The summed E-state index contributed by atoms with van der Waals surface area (Å²) in [5, 5.41) is 21.3. The number of carbonyl (C=O) groups is 1. The Morgan fingerprint density at radius 2 is 2.07 bits per heavy atom. The van der Waals surface area contributed by atoms with Crippen LogP contribution in [-0.2, 0) is 10.2 Å². The summed E-state index contributed by atoms with van der Waals surface area (Å²) >= 11 is 3.52. The van der Waals surface area contributed by atoms with Gasteiger partial charge >= 0.3 is 0 Å². The van der Waals surface area contributed by atoms with Crippen LogP contribution in [-0.4, -0.2) is 40.8 Å². The minimum atomic E-state index is -0.488. The fourth-order valence-corrected chi connectivity index (χ4v) is 4.17. The summed E-state index contributed by atoms with van der Waals surface area (Å²) in [6, 6.07) is 12.4. The van der Waals surface area contributed by atoms with E-state index < -0.39 is 4.92 Å². The van der Waals surface area contributed by atoms with E-state index in [2.05, 4.69) is 43.6 Å². The maximum atomic E-state index is 12.9. The molecule has 0 aliphatic carbocycles. The van der Waals surface area contributed by atoms with Gasteiger partial charge in [0.25, 0.3) is 11.6 Å². The van der Waals surface area contributed by atoms with Crippen LogP contribution in [0.3, 0.4) is 0 Å². The Labute approximate surface area is 174 Å². The third-order valence-corrected chi connectivity index (χ3v) is 5.94. The molecule has 1 fully saturated rings. The molecule has 0 spiro atoms. The van der Waals surface area contributed by atoms with Crippen LogP contribution in [0, 0.1) is 10.1 Å². The van der Waals surface area contributed by atoms with Gasteiger partial charge in [-0.3, -0.25) is 20.0 Å². The van der Waals surface area contributed by atoms with Crippen molar-refractivity contribution < 1.29 is 14.5 Å². The molecule has 8 nitrogen and oxygen atoms in total. The Kier molecular flexibility index (Phi) is 5.33. The molecule has 1 aliphatic rings. The lowest BCUT2D eigenvalue weighted by molar-refractivity contribution is -0.384. The number of carbonyl (C=O) groups excluding carboxylic acids is 1. The van der Waals surface area contributed by atoms with Crippen molar-refractivity contribution in [3.63, 3.8) is 0 Å². The first-order valence-corrected chi connectivity index (χ1v) is 10.0. The average molecular weight is 459 g/mol. The van der Waals surface area contributed by atoms with E-state index in [1.54, 1.807) is 6.07 Å². The number of benzene rings is 2. The number of aromatic nitrogens is 2. The second-order valence-electron chi connectivity index (χ2n) is 7.14. The number of nitrogens with zero attached hydrogens (tertiary/aromatic N) is 2. The number of hydrogen-bond donors (Lipinski definition) is 2. The maximum absolute atomic E-state index is 12.9. The second-order valence-corrected chi connectivity index (χ2v) is 8.06. The molecule has 1 aliphatic heterocycles. The number of fused-ring (bicyclic) bond motifs is 1. The zero-order valence-electron chi connectivity index (χ0n) is 15.5. The number of rotatable bonds is 5. The first-order valence-electron chi connectivity index (χ1n) is 9.23. The van der Waals surface area contributed by atoms with Crippen LogP contribution >= 0.6 is 15.9 Å². The summed E-state index contributed by atoms with van der Waals surface area (Å²) in [6.07, 6.45) is 1.58. The van der Waals surface area contributed by atoms with Crippen LogP contribution in [0.4, 0.5) is 5.69 Å². The highest BCUT2D eigenvalue weighted by molar-refractivity contribution is 9.10. The molecule has 2 aromatic carbocycles. The Hall–Kier alpha value is -2.78. The highest BCUT2D eigenvalue weighted by atomic mass is 79.9. The summed E-state index contributed by atoms with van der Waals surface area (Å²) < 4.78 is 6.53. The molecule has 2 N–H and O–H groups in total. The molecule has 0 saturated carbocycles. The summed E-state index contributed by atoms with van der Waals surface area (Å²) in [4.78, 5) is 23.5. The fraction of sp³-hybridized carbons (Fsp3) is 0.300. The van der Waals surface area contributed by atoms with E-state index in [0.717, 1.165) is 22.9 Å². The first-order chi connectivity index (χ1) is 14.0. The Morgan fingerprint density at radius 3 is 2.79 bits per heavy atom. The van der Waals surface area contributed by atoms with Crippen molar-refractivity contribution in [2.45, 2.75) is 18.3 Å². The van der Waals surface area contributed by atoms with E-state index in [0.29, 0.717) is 30.7 Å². The summed E-state index contributed by atoms with van der Waals surface area (Å²) in [6.45, 7) is 1.68. The molecule has 0 bridgehead atoms. The molecule has 1 aromatic heterocycles. The van der Waals surface area contributed by atoms with E-state index in [4.69, 9.17) is 4.74 Å². The highest BCUT2D eigenvalue weighted by Crippen LogP contribution is 2.35. The molecule has 1 saturated heterocycles. The van der Waals surface area contributed by atoms with Crippen molar-refractivity contribution in [3.05, 3.63) is 68.3 Å². The molecule has 0 atom stereocenters. The lowest BCUT2D eigenvalue weighted by atomic mass is 9.74. The molecule has 0 radical (unpaired) electrons. The van der Waals surface area contributed by atoms with E-state index >= 15 is 0 Å². The van der Waals surface area contributed by atoms with E-state index in [9.17, 15) is 14.9 Å². The monoisotopic (exact) mass is 458 g/mol. The van der Waals surface area contributed by atoms with Gasteiger partial charge in [-0.1, -0.05) is 28.1 Å². The fourth-order valence-electron chi connectivity index (χ4n) is 3.77. The smallest absolute Gasteiger partial charge is 0.272 e. The summed E-state index contributed by atoms with van der Waals surface area (Å²) in [5.74, 6) is -0.363. The summed E-state index contributed by atoms with van der Waals surface area (Å²) in [5.41, 5.74) is 1.55. The minimum absolute atomic E-state index is 0.0806. The number of nitrogens with one attached hydrogen (secondary N) is 2. The number of halogens is 1. The number of ether oxygens (including phenoxy) is 1. The Morgan fingerprint density at radius 1 is 1.28 bits per heavy atom. The zero-order valence-corrected chi connectivity index (χ0v) is 17.1. The molecule has 9 heteroatoms. The van der Waals surface area contributed by atoms with Gasteiger partial charge in [0.05, 0.1) is 10.4 Å². The van der Waals surface area contributed by atoms with Gasteiger partial charge in [0, 0.05) is 47.2 Å². The molecule has 3 aromatic rings. The van der Waals surface area contributed by atoms with Crippen LogP contribution in [0.2, 0.25) is 0 Å². The van der Waals surface area contributed by atoms with Crippen molar-refractivity contribution >= 4 is 38.4 Å². The standard InChI is InChI=1S/C20H19BrN4O4/c21-14-3-1-2-13(10-14)20(6-8-29-9-7-20)12-22-19(26)18-16-11-15(25(27)28)4-5-17(16)23-24-18/h1-5,10-11H,6-9,12H2,(H,22,26)(H,23,24). The largest absolute Gasteiger partial charge is 0.381 e. The van der Waals surface area contributed by atoms with Crippen LogP contribution in [0.15, 0.2) is 46.9 Å². The highest BCUT2D eigenvalue weighted by Gasteiger charge is 2.35. The quantitative estimate of drug-likeness (QED) is 0.447. The lowest BCUT2D eigenvalue weighted by Crippen LogP contribution is -2.44. The Balaban J connectivity index is 1.60. The van der Waals surface area contributed by atoms with Gasteiger partial charge in [-0.15, -0.1) is 0 Å². The normalized spacial score (nSPS) is 15.9. The molecule has 2 heterocycles. The van der Waals surface area contributed by atoms with Crippen LogP contribution < -0.4 is 5.32 Å². The predicted molar refractivity (Wildman–Crippen MR) is 111 cm³/mol. The Bertz CT molecular complexity index is 1080. The number of hydrogen-bond acceptors (Lipinski definition) is 5. The average Bonchev–Trinajstić information content (AvgIpc) is 3.16. The van der Waals surface area contributed by atoms with Crippen molar-refractivity contribution in [1.82, 2.24) is 15.5 Å². The molecule has 0 unspecified atom stereocenters. The molecule has 4 rings (SSSR count). The first kappa shape index (κ1) is 19.5. The third-order valence-electron chi connectivity index (χ3n) is 5.45. The van der Waals surface area contributed by atoms with E-state index in [1.165, 1.54) is 12.1 Å². The number of non-ortho nitro benzene ring substituents is 1. The lowest BCUT2D eigenvalue weighted by Gasteiger charge is -2.38. The number of aromatic amines is 1. The van der Waals surface area contributed by atoms with Crippen molar-refractivity contribution in [2.75, 3.05) is 19.8 Å². The van der Waals surface area contributed by atoms with Crippen LogP contribution in [0.25, 0.3) is 10.9 Å². The van der Waals surface area contributed by atoms with Crippen LogP contribution in [0.1, 0.15) is 28.9 Å². The van der Waals surface area contributed by atoms with Gasteiger partial charge in [0.1, 0.15) is 0 Å². The predicted octanol–water partition coefficient (Wildman–Crippen LogP) is 3.71.